The quantitative estimate of drug-likeness (QED) is 0.621. The van der Waals surface area contributed by atoms with Gasteiger partial charge in [0.1, 0.15) is 0 Å². The van der Waals surface area contributed by atoms with Crippen LogP contribution in [0.25, 0.3) is 11.3 Å². The first-order valence-electron chi connectivity index (χ1n) is 7.27. The molecule has 1 amide bonds. The van der Waals surface area contributed by atoms with Gasteiger partial charge in [0, 0.05) is 22.0 Å². The van der Waals surface area contributed by atoms with Gasteiger partial charge in [-0.2, -0.15) is 0 Å². The molecule has 4 nitrogen and oxygen atoms in total. The maximum Gasteiger partial charge on any atom is 0.224 e. The van der Waals surface area contributed by atoms with E-state index in [1.165, 1.54) is 0 Å². The summed E-state index contributed by atoms with van der Waals surface area (Å²) in [4.78, 5) is 16.3. The van der Waals surface area contributed by atoms with Crippen molar-refractivity contribution in [3.63, 3.8) is 0 Å². The number of halogens is 1. The summed E-state index contributed by atoms with van der Waals surface area (Å²) >= 11 is 2.20. The Hall–Kier alpha value is -2.15. The number of aromatic nitrogens is 1. The minimum Gasteiger partial charge on any atom is -0.441 e. The second-order valence-corrected chi connectivity index (χ2v) is 6.17. The number of amides is 1. The number of hydrogen-bond acceptors (Lipinski definition) is 3. The maximum absolute atomic E-state index is 12.0. The molecule has 0 aliphatic carbocycles. The summed E-state index contributed by atoms with van der Waals surface area (Å²) in [6.07, 6.45) is 2.50. The van der Waals surface area contributed by atoms with Gasteiger partial charge in [-0.3, -0.25) is 4.79 Å². The number of oxazole rings is 1. The normalized spacial score (nSPS) is 10.5. The van der Waals surface area contributed by atoms with Crippen LogP contribution < -0.4 is 5.32 Å². The van der Waals surface area contributed by atoms with Gasteiger partial charge >= 0.3 is 0 Å². The smallest absolute Gasteiger partial charge is 0.224 e. The highest BCUT2D eigenvalue weighted by Gasteiger charge is 2.10. The molecule has 0 spiro atoms. The number of anilines is 1. The highest BCUT2D eigenvalue weighted by Crippen LogP contribution is 2.21. The standard InChI is InChI=1S/C18H15IN2O2/c19-14-8-4-5-9-15(14)21-17(22)10-11-18-20-12-16(23-18)13-6-2-1-3-7-13/h1-9,12H,10-11H2,(H,21,22). The molecule has 116 valence electrons. The molecule has 0 radical (unpaired) electrons. The summed E-state index contributed by atoms with van der Waals surface area (Å²) in [6.45, 7) is 0. The molecule has 0 saturated carbocycles. The summed E-state index contributed by atoms with van der Waals surface area (Å²) in [5.41, 5.74) is 1.81. The molecule has 1 N–H and O–H groups in total. The number of nitrogens with zero attached hydrogens (tertiary/aromatic N) is 1. The number of hydrogen-bond donors (Lipinski definition) is 1. The third kappa shape index (κ3) is 4.19. The van der Waals surface area contributed by atoms with E-state index in [0.29, 0.717) is 18.7 Å². The van der Waals surface area contributed by atoms with Gasteiger partial charge in [0.15, 0.2) is 11.7 Å². The van der Waals surface area contributed by atoms with Gasteiger partial charge in [-0.15, -0.1) is 0 Å². The van der Waals surface area contributed by atoms with E-state index >= 15 is 0 Å². The van der Waals surface area contributed by atoms with Crippen molar-refractivity contribution >= 4 is 34.2 Å². The van der Waals surface area contributed by atoms with Crippen molar-refractivity contribution < 1.29 is 9.21 Å². The SMILES string of the molecule is O=C(CCc1ncc(-c2ccccc2)o1)Nc1ccccc1I. The van der Waals surface area contributed by atoms with E-state index in [1.807, 2.05) is 54.6 Å². The number of benzene rings is 2. The van der Waals surface area contributed by atoms with Crippen molar-refractivity contribution in [2.24, 2.45) is 0 Å². The van der Waals surface area contributed by atoms with Crippen LogP contribution in [0, 0.1) is 3.57 Å². The fourth-order valence-corrected chi connectivity index (χ4v) is 2.68. The van der Waals surface area contributed by atoms with Crippen molar-refractivity contribution in [1.29, 1.82) is 0 Å². The fraction of sp³-hybridized carbons (Fsp3) is 0.111. The monoisotopic (exact) mass is 418 g/mol. The van der Waals surface area contributed by atoms with E-state index in [-0.39, 0.29) is 5.91 Å². The molecule has 0 atom stereocenters. The average molecular weight is 418 g/mol. The maximum atomic E-state index is 12.0. The van der Waals surface area contributed by atoms with Crippen LogP contribution in [0.1, 0.15) is 12.3 Å². The lowest BCUT2D eigenvalue weighted by atomic mass is 10.2. The molecule has 0 saturated heterocycles. The molecular formula is C18H15IN2O2. The van der Waals surface area contributed by atoms with E-state index in [4.69, 9.17) is 4.42 Å². The largest absolute Gasteiger partial charge is 0.441 e. The van der Waals surface area contributed by atoms with Crippen LogP contribution in [0.15, 0.2) is 65.2 Å². The number of nitrogens with one attached hydrogen (secondary N) is 1. The van der Waals surface area contributed by atoms with Crippen LogP contribution in [0.3, 0.4) is 0 Å². The minimum atomic E-state index is -0.0476. The Kier molecular flexibility index (Phi) is 5.07. The van der Waals surface area contributed by atoms with E-state index in [0.717, 1.165) is 20.6 Å². The van der Waals surface area contributed by atoms with Gasteiger partial charge in [-0.05, 0) is 34.7 Å². The topological polar surface area (TPSA) is 55.1 Å². The molecule has 0 aliphatic heterocycles. The van der Waals surface area contributed by atoms with Crippen molar-refractivity contribution in [3.05, 3.63) is 70.3 Å². The zero-order valence-corrected chi connectivity index (χ0v) is 14.5. The average Bonchev–Trinajstić information content (AvgIpc) is 3.05. The lowest BCUT2D eigenvalue weighted by Gasteiger charge is -2.06. The van der Waals surface area contributed by atoms with E-state index in [9.17, 15) is 4.79 Å². The molecule has 0 fully saturated rings. The predicted molar refractivity (Wildman–Crippen MR) is 98.0 cm³/mol. The van der Waals surface area contributed by atoms with Crippen LogP contribution in [-0.2, 0) is 11.2 Å². The summed E-state index contributed by atoms with van der Waals surface area (Å²) in [5, 5.41) is 2.90. The van der Waals surface area contributed by atoms with Crippen LogP contribution in [-0.4, -0.2) is 10.9 Å². The number of para-hydroxylation sites is 1. The lowest BCUT2D eigenvalue weighted by Crippen LogP contribution is -2.13. The molecular weight excluding hydrogens is 403 g/mol. The Balaban J connectivity index is 1.58. The molecule has 0 bridgehead atoms. The van der Waals surface area contributed by atoms with Gasteiger partial charge in [0.2, 0.25) is 5.91 Å². The Labute approximate surface area is 148 Å². The number of carbonyl (C=O) groups excluding carboxylic acids is 1. The second kappa shape index (κ2) is 7.41. The minimum absolute atomic E-state index is 0.0476. The summed E-state index contributed by atoms with van der Waals surface area (Å²) in [6, 6.07) is 17.5. The number of aryl methyl sites for hydroxylation is 1. The third-order valence-electron chi connectivity index (χ3n) is 3.33. The van der Waals surface area contributed by atoms with Crippen LogP contribution in [0.4, 0.5) is 5.69 Å². The van der Waals surface area contributed by atoms with Crippen molar-refractivity contribution in [2.75, 3.05) is 5.32 Å². The number of carbonyl (C=O) groups is 1. The van der Waals surface area contributed by atoms with Gasteiger partial charge in [0.25, 0.3) is 0 Å². The Morgan fingerprint density at radius 1 is 1.09 bits per heavy atom. The van der Waals surface area contributed by atoms with Gasteiger partial charge in [-0.25, -0.2) is 4.98 Å². The second-order valence-electron chi connectivity index (χ2n) is 5.01. The lowest BCUT2D eigenvalue weighted by molar-refractivity contribution is -0.116. The Morgan fingerprint density at radius 2 is 1.83 bits per heavy atom. The van der Waals surface area contributed by atoms with Crippen molar-refractivity contribution in [2.45, 2.75) is 12.8 Å². The van der Waals surface area contributed by atoms with Gasteiger partial charge in [-0.1, -0.05) is 42.5 Å². The van der Waals surface area contributed by atoms with Gasteiger partial charge < -0.3 is 9.73 Å². The van der Waals surface area contributed by atoms with Crippen LogP contribution in [0.5, 0.6) is 0 Å². The third-order valence-corrected chi connectivity index (χ3v) is 4.27. The molecule has 1 aromatic heterocycles. The van der Waals surface area contributed by atoms with E-state index in [2.05, 4.69) is 32.9 Å². The highest BCUT2D eigenvalue weighted by molar-refractivity contribution is 14.1. The first-order valence-corrected chi connectivity index (χ1v) is 8.35. The zero-order chi connectivity index (χ0) is 16.1. The van der Waals surface area contributed by atoms with E-state index in [1.54, 1.807) is 6.20 Å². The molecule has 3 rings (SSSR count). The summed E-state index contributed by atoms with van der Waals surface area (Å²) in [7, 11) is 0. The fourth-order valence-electron chi connectivity index (χ4n) is 2.16. The van der Waals surface area contributed by atoms with Gasteiger partial charge in [0.05, 0.1) is 11.9 Å². The van der Waals surface area contributed by atoms with Crippen molar-refractivity contribution in [3.8, 4) is 11.3 Å². The van der Waals surface area contributed by atoms with Crippen molar-refractivity contribution in [1.82, 2.24) is 4.98 Å². The highest BCUT2D eigenvalue weighted by atomic mass is 127. The summed E-state index contributed by atoms with van der Waals surface area (Å²) in [5.74, 6) is 1.24. The summed E-state index contributed by atoms with van der Waals surface area (Å²) < 4.78 is 6.72. The van der Waals surface area contributed by atoms with Crippen LogP contribution in [0.2, 0.25) is 0 Å². The zero-order valence-electron chi connectivity index (χ0n) is 12.3. The first kappa shape index (κ1) is 15.7. The molecule has 1 heterocycles. The molecule has 2 aromatic carbocycles. The molecule has 23 heavy (non-hydrogen) atoms. The molecule has 0 unspecified atom stereocenters. The Morgan fingerprint density at radius 3 is 2.61 bits per heavy atom. The Bertz CT molecular complexity index is 800. The molecule has 0 aliphatic rings. The first-order chi connectivity index (χ1) is 11.2. The molecule has 3 aromatic rings. The van der Waals surface area contributed by atoms with E-state index < -0.39 is 0 Å². The van der Waals surface area contributed by atoms with Crippen LogP contribution >= 0.6 is 22.6 Å². The molecule has 5 heteroatoms. The number of rotatable bonds is 5. The predicted octanol–water partition coefficient (Wildman–Crippen LogP) is 4.52.